The first kappa shape index (κ1) is 19.2. The number of nitro benzene ring substituents is 2. The Hall–Kier alpha value is -3.89. The monoisotopic (exact) mass is 348 g/mol. The van der Waals surface area contributed by atoms with Crippen LogP contribution < -0.4 is 22.5 Å². The summed E-state index contributed by atoms with van der Waals surface area (Å²) in [6, 6.07) is 8.10. The second-order valence-corrected chi connectivity index (χ2v) is 4.79. The van der Waals surface area contributed by atoms with Crippen molar-refractivity contribution in [1.29, 1.82) is 0 Å². The Morgan fingerprint density at radius 1 is 0.920 bits per heavy atom. The molecule has 0 aliphatic heterocycles. The summed E-state index contributed by atoms with van der Waals surface area (Å²) in [6.45, 7) is 1.34. The normalized spacial score (nSPS) is 9.48. The molecule has 0 fully saturated rings. The average Bonchev–Trinajstić information content (AvgIpc) is 2.46. The van der Waals surface area contributed by atoms with Gasteiger partial charge in [-0.25, -0.2) is 0 Å². The number of anilines is 4. The van der Waals surface area contributed by atoms with Crippen molar-refractivity contribution in [2.75, 3.05) is 22.5 Å². The molecule has 0 heterocycles. The average molecular weight is 348 g/mol. The van der Waals surface area contributed by atoms with E-state index in [-0.39, 0.29) is 28.7 Å². The number of hydrogen-bond donors (Lipinski definition) is 4. The van der Waals surface area contributed by atoms with Crippen LogP contribution in [0.4, 0.5) is 34.1 Å². The molecule has 0 aliphatic rings. The van der Waals surface area contributed by atoms with E-state index in [0.29, 0.717) is 11.4 Å². The Balaban J connectivity index is 0.000000257. The molecule has 0 spiro atoms. The first-order chi connectivity index (χ1) is 11.6. The Kier molecular flexibility index (Phi) is 6.21. The van der Waals surface area contributed by atoms with Gasteiger partial charge in [0.2, 0.25) is 5.91 Å². The summed E-state index contributed by atoms with van der Waals surface area (Å²) in [7, 11) is 0. The van der Waals surface area contributed by atoms with Crippen molar-refractivity contribution >= 4 is 40.0 Å². The van der Waals surface area contributed by atoms with Gasteiger partial charge in [0.15, 0.2) is 0 Å². The number of nitrogens with two attached hydrogens (primary N) is 3. The molecule has 0 bridgehead atoms. The maximum Gasteiger partial charge on any atom is 0.292 e. The van der Waals surface area contributed by atoms with E-state index < -0.39 is 9.85 Å². The van der Waals surface area contributed by atoms with Gasteiger partial charge in [-0.1, -0.05) is 0 Å². The Morgan fingerprint density at radius 3 is 1.80 bits per heavy atom. The molecule has 11 nitrogen and oxygen atoms in total. The van der Waals surface area contributed by atoms with Crippen molar-refractivity contribution in [3.8, 4) is 0 Å². The van der Waals surface area contributed by atoms with Crippen LogP contribution in [-0.4, -0.2) is 15.8 Å². The molecule has 0 aromatic heterocycles. The van der Waals surface area contributed by atoms with Crippen molar-refractivity contribution in [2.45, 2.75) is 6.92 Å². The molecule has 7 N–H and O–H groups in total. The minimum Gasteiger partial charge on any atom is -0.399 e. The number of benzene rings is 2. The first-order valence-corrected chi connectivity index (χ1v) is 6.72. The number of carbonyl (C=O) groups is 1. The van der Waals surface area contributed by atoms with Gasteiger partial charge < -0.3 is 22.5 Å². The maximum absolute atomic E-state index is 10.7. The number of hydrogen-bond acceptors (Lipinski definition) is 8. The number of carbonyl (C=O) groups excluding carboxylic acids is 1. The fourth-order valence-electron chi connectivity index (χ4n) is 1.74. The summed E-state index contributed by atoms with van der Waals surface area (Å²) in [5, 5.41) is 23.1. The third-order valence-electron chi connectivity index (χ3n) is 2.79. The fourth-order valence-corrected chi connectivity index (χ4v) is 1.74. The van der Waals surface area contributed by atoms with E-state index in [9.17, 15) is 25.0 Å². The summed E-state index contributed by atoms with van der Waals surface area (Å²) < 4.78 is 0. The van der Waals surface area contributed by atoms with Crippen LogP contribution in [0.2, 0.25) is 0 Å². The van der Waals surface area contributed by atoms with Crippen molar-refractivity contribution in [3.05, 3.63) is 56.6 Å². The third kappa shape index (κ3) is 5.67. The molecule has 0 atom stereocenters. The fraction of sp³-hybridized carbons (Fsp3) is 0.0714. The zero-order valence-electron chi connectivity index (χ0n) is 13.1. The molecule has 0 saturated carbocycles. The SMILES string of the molecule is CC(=O)Nc1ccc([N+](=O)[O-])c(N)c1.Nc1ccc([N+](=O)[O-])c(N)c1. The topological polar surface area (TPSA) is 193 Å². The molecule has 0 unspecified atom stereocenters. The van der Waals surface area contributed by atoms with E-state index in [1.54, 1.807) is 0 Å². The Labute approximate surface area is 141 Å². The van der Waals surface area contributed by atoms with Crippen molar-refractivity contribution < 1.29 is 14.6 Å². The molecule has 132 valence electrons. The van der Waals surface area contributed by atoms with Crippen LogP contribution >= 0.6 is 0 Å². The molecular formula is C14H16N6O5. The molecule has 1 amide bonds. The lowest BCUT2D eigenvalue weighted by atomic mass is 10.2. The number of nitrogens with one attached hydrogen (secondary N) is 1. The first-order valence-electron chi connectivity index (χ1n) is 6.72. The van der Waals surface area contributed by atoms with Gasteiger partial charge in [-0.2, -0.15) is 0 Å². The molecule has 2 rings (SSSR count). The molecule has 2 aromatic carbocycles. The van der Waals surface area contributed by atoms with Crippen LogP contribution in [0.3, 0.4) is 0 Å². The van der Waals surface area contributed by atoms with E-state index in [1.165, 1.54) is 43.3 Å². The highest BCUT2D eigenvalue weighted by Gasteiger charge is 2.11. The number of amides is 1. The van der Waals surface area contributed by atoms with Gasteiger partial charge in [-0.05, 0) is 24.3 Å². The van der Waals surface area contributed by atoms with E-state index >= 15 is 0 Å². The predicted molar refractivity (Wildman–Crippen MR) is 93.7 cm³/mol. The van der Waals surface area contributed by atoms with Crippen molar-refractivity contribution in [1.82, 2.24) is 0 Å². The highest BCUT2D eigenvalue weighted by Crippen LogP contribution is 2.24. The highest BCUT2D eigenvalue weighted by molar-refractivity contribution is 5.89. The van der Waals surface area contributed by atoms with Gasteiger partial charge in [-0.3, -0.25) is 25.0 Å². The van der Waals surface area contributed by atoms with Crippen LogP contribution in [0.25, 0.3) is 0 Å². The van der Waals surface area contributed by atoms with Crippen LogP contribution in [-0.2, 0) is 4.79 Å². The lowest BCUT2D eigenvalue weighted by Gasteiger charge is -2.02. The van der Waals surface area contributed by atoms with Gasteiger partial charge in [0, 0.05) is 30.4 Å². The Morgan fingerprint density at radius 2 is 1.40 bits per heavy atom. The van der Waals surface area contributed by atoms with Gasteiger partial charge in [-0.15, -0.1) is 0 Å². The number of nitro groups is 2. The lowest BCUT2D eigenvalue weighted by molar-refractivity contribution is -0.384. The Bertz CT molecular complexity index is 823. The second kappa shape index (κ2) is 8.10. The standard InChI is InChI=1S/C8H9N3O3.C6H7N3O2/c1-5(12)10-6-2-3-8(11(13)14)7(9)4-6;7-4-1-2-6(9(10)11)5(8)3-4/h2-4H,9H2,1H3,(H,10,12);1-3H,7-8H2. The molecule has 0 aliphatic carbocycles. The van der Waals surface area contributed by atoms with E-state index in [2.05, 4.69) is 5.32 Å². The second-order valence-electron chi connectivity index (χ2n) is 4.79. The van der Waals surface area contributed by atoms with E-state index in [4.69, 9.17) is 17.2 Å². The molecule has 2 aromatic rings. The molecular weight excluding hydrogens is 332 g/mol. The summed E-state index contributed by atoms with van der Waals surface area (Å²) in [4.78, 5) is 30.1. The predicted octanol–water partition coefficient (Wildman–Crippen LogP) is 1.89. The zero-order chi connectivity index (χ0) is 19.1. The van der Waals surface area contributed by atoms with Crippen LogP contribution in [0.15, 0.2) is 36.4 Å². The van der Waals surface area contributed by atoms with Crippen molar-refractivity contribution in [3.63, 3.8) is 0 Å². The summed E-state index contributed by atoms with van der Waals surface area (Å²) in [6.07, 6.45) is 0. The number of nitrogen functional groups attached to an aromatic ring is 3. The summed E-state index contributed by atoms with van der Waals surface area (Å²) in [5.74, 6) is -0.252. The lowest BCUT2D eigenvalue weighted by Crippen LogP contribution is -2.06. The quantitative estimate of drug-likeness (QED) is 0.366. The van der Waals surface area contributed by atoms with Crippen LogP contribution in [0.1, 0.15) is 6.92 Å². The van der Waals surface area contributed by atoms with Crippen LogP contribution in [0, 0.1) is 20.2 Å². The maximum atomic E-state index is 10.7. The molecule has 11 heteroatoms. The van der Waals surface area contributed by atoms with Gasteiger partial charge >= 0.3 is 0 Å². The zero-order valence-corrected chi connectivity index (χ0v) is 13.1. The third-order valence-corrected chi connectivity index (χ3v) is 2.79. The highest BCUT2D eigenvalue weighted by atomic mass is 16.6. The molecule has 0 radical (unpaired) electrons. The van der Waals surface area contributed by atoms with Gasteiger partial charge in [0.05, 0.1) is 9.85 Å². The smallest absolute Gasteiger partial charge is 0.292 e. The van der Waals surface area contributed by atoms with E-state index in [0.717, 1.165) is 0 Å². The van der Waals surface area contributed by atoms with Gasteiger partial charge in [0.25, 0.3) is 11.4 Å². The molecule has 25 heavy (non-hydrogen) atoms. The van der Waals surface area contributed by atoms with Crippen molar-refractivity contribution in [2.24, 2.45) is 0 Å². The minimum absolute atomic E-state index is 0.0289. The largest absolute Gasteiger partial charge is 0.399 e. The number of nitrogens with zero attached hydrogens (tertiary/aromatic N) is 2. The summed E-state index contributed by atoms with van der Waals surface area (Å²) in [5.41, 5.74) is 16.7. The van der Waals surface area contributed by atoms with Gasteiger partial charge in [0.1, 0.15) is 11.4 Å². The summed E-state index contributed by atoms with van der Waals surface area (Å²) >= 11 is 0. The van der Waals surface area contributed by atoms with E-state index in [1.807, 2.05) is 0 Å². The number of rotatable bonds is 3. The minimum atomic E-state index is -0.577. The molecule has 0 saturated heterocycles. The van der Waals surface area contributed by atoms with Crippen LogP contribution in [0.5, 0.6) is 0 Å².